The number of amides is 4. The minimum atomic E-state index is -5.50. The SMILES string of the molecule is C.N#N.O=C(CCCCCCCCCCOS(=O)(=O)C(F)(F)F)ON1C(=O)CCC1=O.O=C(Oc1c(C(F)(F)F)cccc1C(F)(F)F)c1c2ccccc2[n+](C(=O)ON2C(=O)CCC2=O)c2ccccc12.O=C(Oc1c(C(F)(F)F)cccc1C(F)(F)F)c1c2ccccc2nc2ccccc12. The Morgan fingerprint density at radius 1 is 0.437 bits per heavy atom. The number of unbranched alkanes of at least 4 members (excludes halogenated alkanes) is 7. The van der Waals surface area contributed by atoms with Crippen LogP contribution >= 0.6 is 0 Å². The molecule has 21 nitrogen and oxygen atoms in total. The Balaban J connectivity index is 0.000000244. The van der Waals surface area contributed by atoms with Crippen LogP contribution in [0.2, 0.25) is 0 Å². The number of esters is 2. The van der Waals surface area contributed by atoms with E-state index >= 15 is 0 Å². The lowest BCUT2D eigenvalue weighted by Crippen LogP contribution is -2.49. The summed E-state index contributed by atoms with van der Waals surface area (Å²) >= 11 is 0. The quantitative estimate of drug-likeness (QED) is 0.00737. The molecule has 0 unspecified atom stereocenters. The summed E-state index contributed by atoms with van der Waals surface area (Å²) in [5.74, 6) is -9.41. The summed E-state index contributed by atoms with van der Waals surface area (Å²) in [5, 5.41) is 13.1. The van der Waals surface area contributed by atoms with Crippen LogP contribution in [-0.4, -0.2) is 83.3 Å². The lowest BCUT2D eigenvalue weighted by molar-refractivity contribution is -0.537. The lowest BCUT2D eigenvalue weighted by Gasteiger charge is -2.18. The Morgan fingerprint density at radius 2 is 0.757 bits per heavy atom. The number of fused-ring (bicyclic) bond motifs is 4. The van der Waals surface area contributed by atoms with Gasteiger partial charge in [0.2, 0.25) is 11.0 Å². The highest BCUT2D eigenvalue weighted by molar-refractivity contribution is 7.87. The standard InChI is InChI=1S/C27H15F6N2O6.C22H11F6NO2.C16H24F3NO7S.CH4.N2/c28-26(29,30)16-8-5-9-17(27(31,32)33)23(16)40-24(38)22-14-6-1-3-10-18(14)34(19-11-4-2-7-15(19)22)25(39)41-35-20(36)12-13-21(35)37;23-21(24,25)14-8-5-9-15(22(26,27)28)19(14)31-20(30)18-12-6-1-3-10-16(12)29-17-11-4-2-7-13(17)18;17-16(18,19)28(24,25)26-12-8-6-4-2-1-3-5-7-9-15(23)27-20-13(21)10-11-14(20)22;;1-2/h1-11H,12-13H2;1-11H;1-12H2;1H4;/q+1;;;;. The molecule has 8 aromatic rings. The molecule has 0 radical (unpaired) electrons. The number of benzene rings is 6. The zero-order valence-corrected chi connectivity index (χ0v) is 52.8. The van der Waals surface area contributed by atoms with E-state index in [4.69, 9.17) is 29.9 Å². The van der Waals surface area contributed by atoms with E-state index in [1.807, 2.05) is 0 Å². The molecule has 2 saturated heterocycles. The molecular weight excluding hydrogens is 1430 g/mol. The molecule has 2 aliphatic heterocycles. The Morgan fingerprint density at radius 3 is 1.13 bits per heavy atom. The number of carbonyl (C=O) groups excluding carboxylic acids is 8. The van der Waals surface area contributed by atoms with Crippen molar-refractivity contribution in [3.05, 3.63) is 167 Å². The van der Waals surface area contributed by atoms with Gasteiger partial charge in [0.15, 0.2) is 11.5 Å². The molecule has 0 atom stereocenters. The monoisotopic (exact) mass is 1490 g/mol. The number of pyridine rings is 2. The zero-order valence-electron chi connectivity index (χ0n) is 52.0. The van der Waals surface area contributed by atoms with Crippen LogP contribution in [0, 0.1) is 10.8 Å². The fourth-order valence-electron chi connectivity index (χ4n) is 10.2. The van der Waals surface area contributed by atoms with E-state index in [2.05, 4.69) is 9.17 Å². The predicted molar refractivity (Wildman–Crippen MR) is 327 cm³/mol. The highest BCUT2D eigenvalue weighted by Crippen LogP contribution is 2.47. The average Bonchev–Trinajstić information content (AvgIpc) is 0.897. The van der Waals surface area contributed by atoms with Crippen molar-refractivity contribution in [3.63, 3.8) is 0 Å². The van der Waals surface area contributed by atoms with Crippen LogP contribution in [0.5, 0.6) is 11.5 Å². The van der Waals surface area contributed by atoms with E-state index in [9.17, 15) is 113 Å². The van der Waals surface area contributed by atoms with Crippen molar-refractivity contribution in [1.29, 1.82) is 10.8 Å². The van der Waals surface area contributed by atoms with E-state index in [-0.39, 0.29) is 84.1 Å². The van der Waals surface area contributed by atoms with Crippen LogP contribution in [0.4, 0.5) is 70.7 Å². The van der Waals surface area contributed by atoms with Crippen molar-refractivity contribution in [2.75, 3.05) is 6.61 Å². The second-order valence-corrected chi connectivity index (χ2v) is 23.3. The Bertz CT molecular complexity index is 4450. The number of alkyl halides is 15. The number of hydrogen-bond donors (Lipinski definition) is 0. The molecule has 2 fully saturated rings. The van der Waals surface area contributed by atoms with Gasteiger partial charge in [-0.05, 0) is 61.4 Å². The van der Waals surface area contributed by atoms with E-state index in [0.29, 0.717) is 70.4 Å². The molecule has 0 spiro atoms. The number of hydroxylamine groups is 4. The molecule has 2 aromatic heterocycles. The van der Waals surface area contributed by atoms with E-state index in [1.165, 1.54) is 60.7 Å². The van der Waals surface area contributed by atoms with Crippen LogP contribution in [0.1, 0.15) is 134 Å². The molecule has 6 aromatic carbocycles. The molecule has 548 valence electrons. The number of para-hydroxylation sites is 6. The first-order valence-electron chi connectivity index (χ1n) is 29.8. The van der Waals surface area contributed by atoms with Gasteiger partial charge in [-0.15, -0.1) is 5.06 Å². The fourth-order valence-corrected chi connectivity index (χ4v) is 10.7. The molecule has 10 rings (SSSR count). The third-order valence-electron chi connectivity index (χ3n) is 14.8. The van der Waals surface area contributed by atoms with E-state index in [0.717, 1.165) is 36.7 Å². The smallest absolute Gasteiger partial charge is 0.422 e. The molecule has 0 bridgehead atoms. The highest BCUT2D eigenvalue weighted by atomic mass is 32.2. The number of nitrogens with zero attached hydrogens (tertiary/aromatic N) is 6. The van der Waals surface area contributed by atoms with Crippen LogP contribution in [0.25, 0.3) is 43.6 Å². The van der Waals surface area contributed by atoms with Gasteiger partial charge in [-0.3, -0.25) is 28.2 Å². The van der Waals surface area contributed by atoms with Crippen molar-refractivity contribution >= 4 is 101 Å². The fraction of sp³-hybridized carbons (Fsp3) is 0.303. The maximum Gasteiger partial charge on any atom is 0.628 e. The summed E-state index contributed by atoms with van der Waals surface area (Å²) in [6.45, 7) is -0.494. The molecule has 2 aliphatic rings. The number of aromatic nitrogens is 2. The first-order valence-corrected chi connectivity index (χ1v) is 31.2. The normalized spacial score (nSPS) is 13.5. The Kier molecular flexibility index (Phi) is 26.5. The van der Waals surface area contributed by atoms with Crippen LogP contribution in [-0.2, 0) is 72.7 Å². The zero-order chi connectivity index (χ0) is 75.3. The molecule has 37 heteroatoms. The summed E-state index contributed by atoms with van der Waals surface area (Å²) in [4.78, 5) is 112. The predicted octanol–water partition coefficient (Wildman–Crippen LogP) is 15.9. The molecule has 0 saturated carbocycles. The summed E-state index contributed by atoms with van der Waals surface area (Å²) < 4.78 is 234. The van der Waals surface area contributed by atoms with Gasteiger partial charge >= 0.3 is 64.3 Å². The summed E-state index contributed by atoms with van der Waals surface area (Å²) in [6, 6.07) is 26.1. The second kappa shape index (κ2) is 33.7. The molecule has 4 heterocycles. The number of rotatable bonds is 18. The first kappa shape index (κ1) is 81.1. The van der Waals surface area contributed by atoms with Crippen molar-refractivity contribution in [1.82, 2.24) is 15.1 Å². The Hall–Kier alpha value is -10.9. The molecular formula is C66H54F15N6O15S+. The first-order chi connectivity index (χ1) is 47.9. The van der Waals surface area contributed by atoms with Crippen molar-refractivity contribution < 1.29 is 141 Å². The van der Waals surface area contributed by atoms with Crippen molar-refractivity contribution in [3.8, 4) is 11.5 Å². The van der Waals surface area contributed by atoms with Gasteiger partial charge < -0.3 is 14.3 Å². The maximum atomic E-state index is 13.7. The Labute approximate surface area is 572 Å². The molecule has 0 N–H and O–H groups in total. The van der Waals surface area contributed by atoms with Crippen LogP contribution in [0.15, 0.2) is 133 Å². The average molecular weight is 1490 g/mol. The van der Waals surface area contributed by atoms with Gasteiger partial charge in [0.1, 0.15) is 0 Å². The van der Waals surface area contributed by atoms with Crippen LogP contribution in [0.3, 0.4) is 0 Å². The summed E-state index contributed by atoms with van der Waals surface area (Å²) in [5.41, 5.74) is -12.5. The topological polar surface area (TPSA) is 288 Å². The van der Waals surface area contributed by atoms with E-state index in [1.54, 1.807) is 36.4 Å². The molecule has 103 heavy (non-hydrogen) atoms. The number of imide groups is 2. The minimum Gasteiger partial charge on any atom is -0.422 e. The number of halogens is 15. The summed E-state index contributed by atoms with van der Waals surface area (Å²) in [7, 11) is -5.50. The largest absolute Gasteiger partial charge is 0.628 e. The third kappa shape index (κ3) is 19.8. The van der Waals surface area contributed by atoms with Gasteiger partial charge in [0, 0.05) is 65.8 Å². The number of carbonyl (C=O) groups is 8. The van der Waals surface area contributed by atoms with Gasteiger partial charge in [0.05, 0.1) is 61.8 Å². The van der Waals surface area contributed by atoms with Gasteiger partial charge in [-0.2, -0.15) is 79.1 Å². The summed E-state index contributed by atoms with van der Waals surface area (Å²) in [6.07, 6.45) is -17.0. The maximum absolute atomic E-state index is 13.7. The lowest BCUT2D eigenvalue weighted by atomic mass is 10.0. The molecule has 0 aliphatic carbocycles. The van der Waals surface area contributed by atoms with Crippen molar-refractivity contribution in [2.45, 2.75) is 121 Å². The number of ether oxygens (including phenoxy) is 2. The van der Waals surface area contributed by atoms with Gasteiger partial charge in [0.25, 0.3) is 23.6 Å². The second-order valence-electron chi connectivity index (χ2n) is 21.7. The number of hydrogen-bond acceptors (Lipinski definition) is 18. The minimum absolute atomic E-state index is 0. The van der Waals surface area contributed by atoms with Gasteiger partial charge in [-0.1, -0.05) is 128 Å². The van der Waals surface area contributed by atoms with Gasteiger partial charge in [-0.25, -0.2) is 19.4 Å². The van der Waals surface area contributed by atoms with Crippen molar-refractivity contribution in [2.24, 2.45) is 0 Å². The third-order valence-corrected chi connectivity index (χ3v) is 15.9. The highest BCUT2D eigenvalue weighted by Gasteiger charge is 2.48. The molecule has 4 amide bonds. The van der Waals surface area contributed by atoms with E-state index < -0.39 is 134 Å². The van der Waals surface area contributed by atoms with Crippen LogP contribution < -0.4 is 14.0 Å².